The van der Waals surface area contributed by atoms with Crippen molar-refractivity contribution in [3.63, 3.8) is 0 Å². The van der Waals surface area contributed by atoms with Crippen molar-refractivity contribution < 1.29 is 27.5 Å². The summed E-state index contributed by atoms with van der Waals surface area (Å²) in [7, 11) is -1.17. The van der Waals surface area contributed by atoms with Crippen molar-refractivity contribution in [3.05, 3.63) is 82.3 Å². The van der Waals surface area contributed by atoms with Crippen LogP contribution in [0.4, 0.5) is 5.69 Å². The predicted octanol–water partition coefficient (Wildman–Crippen LogP) is 5.30. The van der Waals surface area contributed by atoms with Gasteiger partial charge in [-0.2, -0.15) is 0 Å². The highest BCUT2D eigenvalue weighted by Crippen LogP contribution is 2.31. The Morgan fingerprint density at radius 3 is 2.29 bits per heavy atom. The molecule has 0 unspecified atom stereocenters. The van der Waals surface area contributed by atoms with E-state index in [1.165, 1.54) is 24.1 Å². The number of methoxy groups -OCH3 is 2. The van der Waals surface area contributed by atoms with Crippen LogP contribution in [0.1, 0.15) is 37.8 Å². The molecule has 0 aliphatic heterocycles. The molecule has 0 fully saturated rings. The van der Waals surface area contributed by atoms with Crippen molar-refractivity contribution in [1.29, 1.82) is 0 Å². The van der Waals surface area contributed by atoms with Crippen LogP contribution in [0.5, 0.6) is 11.5 Å². The van der Waals surface area contributed by atoms with Crippen molar-refractivity contribution in [2.24, 2.45) is 0 Å². The van der Waals surface area contributed by atoms with Gasteiger partial charge in [-0.15, -0.1) is 0 Å². The number of carbonyl (C=O) groups is 2. The van der Waals surface area contributed by atoms with Gasteiger partial charge in [-0.05, 0) is 83.7 Å². The second kappa shape index (κ2) is 15.1. The molecule has 11 heteroatoms. The molecular formula is C31H38BrN3O6S. The number of rotatable bonds is 14. The van der Waals surface area contributed by atoms with Gasteiger partial charge in [0.05, 0.1) is 29.3 Å². The number of benzene rings is 3. The molecule has 0 bridgehead atoms. The molecule has 0 aliphatic carbocycles. The number of halogens is 1. The Bertz CT molecular complexity index is 1480. The van der Waals surface area contributed by atoms with Gasteiger partial charge in [0.15, 0.2) is 0 Å². The zero-order valence-corrected chi connectivity index (χ0v) is 27.0. The van der Waals surface area contributed by atoms with Crippen molar-refractivity contribution in [1.82, 2.24) is 10.2 Å². The van der Waals surface area contributed by atoms with Gasteiger partial charge in [0.2, 0.25) is 11.8 Å². The summed E-state index contributed by atoms with van der Waals surface area (Å²) in [5, 5.41) is 2.88. The highest BCUT2D eigenvalue weighted by atomic mass is 79.9. The Kier molecular flexibility index (Phi) is 11.8. The maximum atomic E-state index is 14.2. The Balaban J connectivity index is 2.08. The van der Waals surface area contributed by atoms with Crippen molar-refractivity contribution in [3.8, 4) is 11.5 Å². The summed E-state index contributed by atoms with van der Waals surface area (Å²) in [5.74, 6) is 0.269. The molecule has 226 valence electrons. The zero-order valence-electron chi connectivity index (χ0n) is 24.6. The van der Waals surface area contributed by atoms with Crippen LogP contribution in [0.3, 0.4) is 0 Å². The number of carbonyl (C=O) groups excluding carboxylic acids is 2. The standard InChI is InChI=1S/C31H38BrN3O6S/c1-6-17-33-31(37)28(7-2)34(20-23-9-8-10-25(18-23)40-4)30(36)21-35(24-13-11-22(3)12-14-24)42(38,39)26-15-16-29(41-5)27(32)19-26/h8-16,18-19,28H,6-7,17,20-21H2,1-5H3,(H,33,37)/t28-/m1/s1. The quantitative estimate of drug-likeness (QED) is 0.252. The summed E-state index contributed by atoms with van der Waals surface area (Å²) < 4.78 is 40.3. The smallest absolute Gasteiger partial charge is 0.264 e. The molecule has 0 spiro atoms. The lowest BCUT2D eigenvalue weighted by Crippen LogP contribution is -2.52. The van der Waals surface area contributed by atoms with E-state index in [1.807, 2.05) is 26.8 Å². The molecule has 0 aliphatic rings. The number of anilines is 1. The summed E-state index contributed by atoms with van der Waals surface area (Å²) in [5.41, 5.74) is 2.01. The van der Waals surface area contributed by atoms with Crippen LogP contribution < -0.4 is 19.1 Å². The molecule has 9 nitrogen and oxygen atoms in total. The van der Waals surface area contributed by atoms with Crippen LogP contribution in [0.15, 0.2) is 76.1 Å². The number of ether oxygens (including phenoxy) is 2. The first-order valence-corrected chi connectivity index (χ1v) is 15.9. The average Bonchev–Trinajstić information content (AvgIpc) is 2.99. The van der Waals surface area contributed by atoms with Gasteiger partial charge in [-0.1, -0.05) is 43.7 Å². The fourth-order valence-electron chi connectivity index (χ4n) is 4.43. The number of nitrogens with one attached hydrogen (secondary N) is 1. The lowest BCUT2D eigenvalue weighted by atomic mass is 10.1. The van der Waals surface area contributed by atoms with Crippen molar-refractivity contribution in [2.45, 2.75) is 51.1 Å². The summed E-state index contributed by atoms with van der Waals surface area (Å²) in [6, 6.07) is 17.7. The predicted molar refractivity (Wildman–Crippen MR) is 167 cm³/mol. The second-order valence-corrected chi connectivity index (χ2v) is 12.4. The fourth-order valence-corrected chi connectivity index (χ4v) is 6.56. The molecule has 0 saturated carbocycles. The molecule has 0 aromatic heterocycles. The van der Waals surface area contributed by atoms with Gasteiger partial charge in [0.1, 0.15) is 24.1 Å². The van der Waals surface area contributed by atoms with Crippen molar-refractivity contribution in [2.75, 3.05) is 31.6 Å². The number of hydrogen-bond donors (Lipinski definition) is 1. The van der Waals surface area contributed by atoms with E-state index in [4.69, 9.17) is 9.47 Å². The monoisotopic (exact) mass is 659 g/mol. The Hall–Kier alpha value is -3.57. The molecule has 3 aromatic rings. The molecule has 3 aromatic carbocycles. The van der Waals surface area contributed by atoms with Crippen LogP contribution in [0, 0.1) is 6.92 Å². The maximum absolute atomic E-state index is 14.2. The van der Waals surface area contributed by atoms with E-state index in [0.29, 0.717) is 34.6 Å². The van der Waals surface area contributed by atoms with Gasteiger partial charge < -0.3 is 19.7 Å². The second-order valence-electron chi connectivity index (χ2n) is 9.73. The molecule has 1 N–H and O–H groups in total. The Labute approximate surface area is 257 Å². The Morgan fingerprint density at radius 1 is 0.976 bits per heavy atom. The normalized spacial score (nSPS) is 11.9. The number of aryl methyl sites for hydroxylation is 1. The van der Waals surface area contributed by atoms with E-state index in [2.05, 4.69) is 21.2 Å². The largest absolute Gasteiger partial charge is 0.497 e. The first-order valence-electron chi connectivity index (χ1n) is 13.7. The van der Waals surface area contributed by atoms with Gasteiger partial charge in [-0.3, -0.25) is 13.9 Å². The number of amides is 2. The van der Waals surface area contributed by atoms with Crippen LogP contribution in [-0.2, 0) is 26.2 Å². The summed E-state index contributed by atoms with van der Waals surface area (Å²) in [6.45, 7) is 5.70. The van der Waals surface area contributed by atoms with Crippen LogP contribution in [0.25, 0.3) is 0 Å². The molecular weight excluding hydrogens is 622 g/mol. The highest BCUT2D eigenvalue weighted by Gasteiger charge is 2.34. The average molecular weight is 661 g/mol. The summed E-state index contributed by atoms with van der Waals surface area (Å²) >= 11 is 3.36. The van der Waals surface area contributed by atoms with E-state index >= 15 is 0 Å². The third-order valence-corrected chi connectivity index (χ3v) is 9.12. The minimum absolute atomic E-state index is 0.0179. The molecule has 0 saturated heterocycles. The lowest BCUT2D eigenvalue weighted by molar-refractivity contribution is -0.140. The summed E-state index contributed by atoms with van der Waals surface area (Å²) in [4.78, 5) is 28.8. The highest BCUT2D eigenvalue weighted by molar-refractivity contribution is 9.10. The van der Waals surface area contributed by atoms with Gasteiger partial charge in [0.25, 0.3) is 10.0 Å². The van der Waals surface area contributed by atoms with Gasteiger partial charge >= 0.3 is 0 Å². The zero-order chi connectivity index (χ0) is 30.9. The molecule has 42 heavy (non-hydrogen) atoms. The van der Waals surface area contributed by atoms with Crippen molar-refractivity contribution >= 4 is 43.5 Å². The third-order valence-electron chi connectivity index (χ3n) is 6.73. The van der Waals surface area contributed by atoms with E-state index in [0.717, 1.165) is 21.9 Å². The van der Waals surface area contributed by atoms with Crippen LogP contribution in [0.2, 0.25) is 0 Å². The third kappa shape index (κ3) is 8.04. The number of sulfonamides is 1. The molecule has 1 atom stereocenters. The molecule has 0 heterocycles. The maximum Gasteiger partial charge on any atom is 0.264 e. The topological polar surface area (TPSA) is 105 Å². The Morgan fingerprint density at radius 2 is 1.69 bits per heavy atom. The van der Waals surface area contributed by atoms with Gasteiger partial charge in [0, 0.05) is 13.1 Å². The molecule has 3 rings (SSSR count). The van der Waals surface area contributed by atoms with E-state index < -0.39 is 28.5 Å². The summed E-state index contributed by atoms with van der Waals surface area (Å²) in [6.07, 6.45) is 1.08. The van der Waals surface area contributed by atoms with E-state index in [1.54, 1.807) is 55.6 Å². The minimum Gasteiger partial charge on any atom is -0.497 e. The van der Waals surface area contributed by atoms with Crippen LogP contribution in [-0.4, -0.2) is 58.5 Å². The number of nitrogens with zero attached hydrogens (tertiary/aromatic N) is 2. The SMILES string of the molecule is CCCNC(=O)[C@@H](CC)N(Cc1cccc(OC)c1)C(=O)CN(c1ccc(C)cc1)S(=O)(=O)c1ccc(OC)c(Br)c1. The lowest BCUT2D eigenvalue weighted by Gasteiger charge is -2.33. The van der Waals surface area contributed by atoms with E-state index in [-0.39, 0.29) is 17.3 Å². The first kappa shape index (κ1) is 32.9. The molecule has 0 radical (unpaired) electrons. The first-order chi connectivity index (χ1) is 20.0. The fraction of sp³-hybridized carbons (Fsp3) is 0.355. The van der Waals surface area contributed by atoms with Crippen LogP contribution >= 0.6 is 15.9 Å². The number of hydrogen-bond acceptors (Lipinski definition) is 6. The van der Waals surface area contributed by atoms with E-state index in [9.17, 15) is 18.0 Å². The van der Waals surface area contributed by atoms with Gasteiger partial charge in [-0.25, -0.2) is 8.42 Å². The minimum atomic E-state index is -4.21. The molecule has 2 amide bonds.